The molecule has 0 fully saturated rings. The van der Waals surface area contributed by atoms with Crippen LogP contribution < -0.4 is 4.90 Å². The van der Waals surface area contributed by atoms with Crippen LogP contribution in [-0.4, -0.2) is 4.57 Å². The number of anilines is 3. The molecule has 0 saturated heterocycles. The molecule has 0 amide bonds. The van der Waals surface area contributed by atoms with Crippen molar-refractivity contribution in [3.63, 3.8) is 0 Å². The van der Waals surface area contributed by atoms with Gasteiger partial charge >= 0.3 is 0 Å². The lowest BCUT2D eigenvalue weighted by Gasteiger charge is -2.29. The third-order valence-corrected chi connectivity index (χ3v) is 15.9. The monoisotopic (exact) mass is 944 g/mol. The molecule has 12 aromatic rings. The van der Waals surface area contributed by atoms with Gasteiger partial charge in [0, 0.05) is 50.2 Å². The first kappa shape index (κ1) is 43.5. The maximum atomic E-state index is 2.52. The minimum absolute atomic E-state index is 0.278. The predicted octanol–water partition coefficient (Wildman–Crippen LogP) is 19.2. The van der Waals surface area contributed by atoms with Crippen LogP contribution in [0.1, 0.15) is 41.3 Å². The van der Waals surface area contributed by atoms with E-state index in [2.05, 4.69) is 289 Å². The lowest BCUT2D eigenvalue weighted by atomic mass is 9.74. The first-order valence-corrected chi connectivity index (χ1v) is 26.0. The van der Waals surface area contributed by atoms with Gasteiger partial charge < -0.3 is 9.47 Å². The molecular weight excluding hydrogens is 893 g/mol. The molecule has 0 radical (unpaired) electrons. The molecule has 350 valence electrons. The molecule has 0 N–H and O–H groups in total. The highest BCUT2D eigenvalue weighted by Gasteiger charge is 2.41. The Labute approximate surface area is 433 Å². The topological polar surface area (TPSA) is 8.17 Å². The van der Waals surface area contributed by atoms with Crippen LogP contribution in [0.5, 0.6) is 0 Å². The van der Waals surface area contributed by atoms with Crippen molar-refractivity contribution in [1.29, 1.82) is 0 Å². The van der Waals surface area contributed by atoms with E-state index in [0.717, 1.165) is 35.5 Å². The summed E-state index contributed by atoms with van der Waals surface area (Å²) in [7, 11) is 0. The van der Waals surface area contributed by atoms with Gasteiger partial charge in [0.05, 0.1) is 11.2 Å². The zero-order chi connectivity index (χ0) is 49.2. The number of aromatic nitrogens is 1. The first-order valence-electron chi connectivity index (χ1n) is 26.0. The number of para-hydroxylation sites is 3. The van der Waals surface area contributed by atoms with Gasteiger partial charge in [-0.15, -0.1) is 0 Å². The van der Waals surface area contributed by atoms with Gasteiger partial charge in [-0.05, 0) is 134 Å². The summed E-state index contributed by atoms with van der Waals surface area (Å²) in [5, 5.41) is 3.73. The molecule has 2 aliphatic rings. The van der Waals surface area contributed by atoms with Gasteiger partial charge in [-0.2, -0.15) is 0 Å². The minimum Gasteiger partial charge on any atom is -0.312 e. The fourth-order valence-corrected chi connectivity index (χ4v) is 12.6. The molecule has 1 unspecified atom stereocenters. The van der Waals surface area contributed by atoms with E-state index in [1.165, 1.54) is 105 Å². The third kappa shape index (κ3) is 6.94. The van der Waals surface area contributed by atoms with Gasteiger partial charge in [-0.1, -0.05) is 231 Å². The first-order chi connectivity index (χ1) is 36.6. The maximum Gasteiger partial charge on any atom is 0.0616 e. The van der Waals surface area contributed by atoms with Crippen molar-refractivity contribution in [2.45, 2.75) is 25.2 Å². The van der Waals surface area contributed by atoms with E-state index in [1.807, 2.05) is 0 Å². The fraction of sp³-hybridized carbons (Fsp3) is 0.0556. The van der Waals surface area contributed by atoms with Gasteiger partial charge in [0.15, 0.2) is 0 Å². The average Bonchev–Trinajstić information content (AvgIpc) is 4.00. The Morgan fingerprint density at radius 3 is 1.84 bits per heavy atom. The van der Waals surface area contributed by atoms with Gasteiger partial charge in [0.1, 0.15) is 0 Å². The minimum atomic E-state index is -0.278. The lowest BCUT2D eigenvalue weighted by molar-refractivity contribution is 0.714. The summed E-state index contributed by atoms with van der Waals surface area (Å²) in [6.45, 7) is 2.40. The molecule has 0 spiro atoms. The summed E-state index contributed by atoms with van der Waals surface area (Å²) in [6.07, 6.45) is 6.70. The van der Waals surface area contributed by atoms with Crippen LogP contribution in [0.3, 0.4) is 0 Å². The molecule has 1 heterocycles. The van der Waals surface area contributed by atoms with E-state index in [-0.39, 0.29) is 5.41 Å². The molecule has 0 saturated carbocycles. The molecule has 14 rings (SSSR count). The lowest BCUT2D eigenvalue weighted by Crippen LogP contribution is -2.22. The van der Waals surface area contributed by atoms with E-state index >= 15 is 0 Å². The number of hydrogen-bond acceptors (Lipinski definition) is 1. The second-order valence-electron chi connectivity index (χ2n) is 20.0. The van der Waals surface area contributed by atoms with Crippen LogP contribution in [0, 0.1) is 0 Å². The summed E-state index contributed by atoms with van der Waals surface area (Å²) in [4.78, 5) is 2.48. The molecule has 0 bridgehead atoms. The standard InChI is InChI=1S/C72H52N2/c1-72(53-27-7-3-8-28-53)65-40-14-11-34-64(65)70-58(36-21-41-66(70)72)50-44-46-55(47-45-50)73(67-42-15-12-32-60(67)62-38-19-25-51-24-18-35-57(69(51)62)49-22-5-2-6-23-49)56-31-17-26-52(48-56)59-37-20-39-63-61-33-13-16-43-68(61)74(71(59)63)54-29-9-4-10-30-54/h2-15,17-42,44-48H,16,43H2,1H3. The Morgan fingerprint density at radius 2 is 1.03 bits per heavy atom. The molecule has 0 aliphatic heterocycles. The second kappa shape index (κ2) is 17.8. The second-order valence-corrected chi connectivity index (χ2v) is 20.0. The van der Waals surface area contributed by atoms with Gasteiger partial charge in [-0.25, -0.2) is 0 Å². The van der Waals surface area contributed by atoms with Gasteiger partial charge in [-0.3, -0.25) is 0 Å². The molecule has 2 aliphatic carbocycles. The molecular formula is C72H52N2. The van der Waals surface area contributed by atoms with Crippen molar-refractivity contribution in [2.24, 2.45) is 0 Å². The summed E-state index contributed by atoms with van der Waals surface area (Å²) in [6, 6.07) is 96.4. The third-order valence-electron chi connectivity index (χ3n) is 15.9. The van der Waals surface area contributed by atoms with Gasteiger partial charge in [0.2, 0.25) is 0 Å². The highest BCUT2D eigenvalue weighted by Crippen LogP contribution is 2.55. The normalized spacial score (nSPS) is 14.4. The van der Waals surface area contributed by atoms with Crippen LogP contribution in [0.15, 0.2) is 267 Å². The number of rotatable bonds is 9. The van der Waals surface area contributed by atoms with Crippen molar-refractivity contribution < 1.29 is 0 Å². The number of allylic oxidation sites excluding steroid dienone is 1. The number of hydrogen-bond donors (Lipinski definition) is 0. The molecule has 1 atom stereocenters. The molecule has 1 aromatic heterocycles. The SMILES string of the molecule is CC1(c2ccccc2)c2ccccc2-c2c(-c3ccc(N(c4cccc(-c5cccc6c7c(n(-c8ccccc8)c56)CCC=C7)c4)c4ccccc4-c4cccc5cccc(-c6ccccc6)c45)cc3)cccc21. The quantitative estimate of drug-likeness (QED) is 0.140. The Bertz CT molecular complexity index is 4120. The Kier molecular flexibility index (Phi) is 10.5. The molecule has 11 aromatic carbocycles. The van der Waals surface area contributed by atoms with Crippen molar-refractivity contribution >= 4 is 44.8 Å². The molecule has 2 heteroatoms. The zero-order valence-electron chi connectivity index (χ0n) is 41.3. The van der Waals surface area contributed by atoms with Crippen molar-refractivity contribution in [2.75, 3.05) is 4.90 Å². The number of benzene rings is 11. The average molecular weight is 945 g/mol. The highest BCUT2D eigenvalue weighted by atomic mass is 15.1. The van der Waals surface area contributed by atoms with E-state index in [0.29, 0.717) is 0 Å². The smallest absolute Gasteiger partial charge is 0.0616 e. The van der Waals surface area contributed by atoms with Crippen LogP contribution >= 0.6 is 0 Å². The van der Waals surface area contributed by atoms with E-state index in [4.69, 9.17) is 0 Å². The van der Waals surface area contributed by atoms with E-state index in [9.17, 15) is 0 Å². The Balaban J connectivity index is 0.969. The van der Waals surface area contributed by atoms with Crippen LogP contribution in [0.4, 0.5) is 17.1 Å². The van der Waals surface area contributed by atoms with E-state index in [1.54, 1.807) is 0 Å². The summed E-state index contributed by atoms with van der Waals surface area (Å²) in [5.41, 5.74) is 24.3. The number of fused-ring (bicyclic) bond motifs is 7. The van der Waals surface area contributed by atoms with Gasteiger partial charge in [0.25, 0.3) is 0 Å². The molecule has 2 nitrogen and oxygen atoms in total. The summed E-state index contributed by atoms with van der Waals surface area (Å²) < 4.78 is 2.52. The fourth-order valence-electron chi connectivity index (χ4n) is 12.6. The number of nitrogens with zero attached hydrogens (tertiary/aromatic N) is 2. The van der Waals surface area contributed by atoms with E-state index < -0.39 is 0 Å². The Morgan fingerprint density at radius 1 is 0.432 bits per heavy atom. The summed E-state index contributed by atoms with van der Waals surface area (Å²) >= 11 is 0. The maximum absolute atomic E-state index is 2.52. The Hall–Kier alpha value is -9.24. The van der Waals surface area contributed by atoms with Crippen LogP contribution in [-0.2, 0) is 11.8 Å². The predicted molar refractivity (Wildman–Crippen MR) is 312 cm³/mol. The van der Waals surface area contributed by atoms with Crippen molar-refractivity contribution in [3.05, 3.63) is 295 Å². The summed E-state index contributed by atoms with van der Waals surface area (Å²) in [5.74, 6) is 0. The van der Waals surface area contributed by atoms with Crippen LogP contribution in [0.2, 0.25) is 0 Å². The molecule has 74 heavy (non-hydrogen) atoms. The highest BCUT2D eigenvalue weighted by molar-refractivity contribution is 6.09. The largest absolute Gasteiger partial charge is 0.312 e. The zero-order valence-corrected chi connectivity index (χ0v) is 41.3. The van der Waals surface area contributed by atoms with Crippen molar-refractivity contribution in [3.8, 4) is 61.3 Å². The van der Waals surface area contributed by atoms with Crippen LogP contribution in [0.25, 0.3) is 89.1 Å². The van der Waals surface area contributed by atoms with Crippen molar-refractivity contribution in [1.82, 2.24) is 4.57 Å².